The molecule has 1 saturated heterocycles. The lowest BCUT2D eigenvalue weighted by atomic mass is 9.51. The van der Waals surface area contributed by atoms with Gasteiger partial charge in [-0.05, 0) is 60.9 Å². The first-order chi connectivity index (χ1) is 10.5. The van der Waals surface area contributed by atoms with E-state index in [1.807, 2.05) is 0 Å². The highest BCUT2D eigenvalue weighted by molar-refractivity contribution is 5.76. The van der Waals surface area contributed by atoms with Gasteiger partial charge >= 0.3 is 0 Å². The summed E-state index contributed by atoms with van der Waals surface area (Å²) in [5.74, 6) is 1.54. The van der Waals surface area contributed by atoms with Gasteiger partial charge < -0.3 is 9.73 Å². The van der Waals surface area contributed by atoms with Crippen LogP contribution < -0.4 is 5.32 Å². The SMILES string of the molecule is CC1(C)[C@H]2Cc3cc4oc(C5CC5)nc4cc3[C@]1(C)CCN2. The van der Waals surface area contributed by atoms with Crippen molar-refractivity contribution in [2.24, 2.45) is 5.41 Å². The molecule has 1 aliphatic heterocycles. The van der Waals surface area contributed by atoms with Crippen LogP contribution in [0.1, 0.15) is 63.0 Å². The highest BCUT2D eigenvalue weighted by atomic mass is 16.3. The molecular weight excluding hydrogens is 272 g/mol. The third-order valence-electron chi connectivity index (χ3n) is 6.88. The molecule has 3 nitrogen and oxygen atoms in total. The van der Waals surface area contributed by atoms with Gasteiger partial charge in [-0.1, -0.05) is 20.8 Å². The molecule has 1 aromatic heterocycles. The Labute approximate surface area is 131 Å². The molecule has 1 aromatic carbocycles. The van der Waals surface area contributed by atoms with E-state index in [0.717, 1.165) is 30.0 Å². The van der Waals surface area contributed by atoms with Gasteiger partial charge in [0.15, 0.2) is 11.5 Å². The first-order valence-corrected chi connectivity index (χ1v) is 8.66. The zero-order chi connectivity index (χ0) is 15.1. The monoisotopic (exact) mass is 296 g/mol. The van der Waals surface area contributed by atoms with Gasteiger partial charge in [-0.2, -0.15) is 0 Å². The molecule has 0 radical (unpaired) electrons. The Balaban J connectivity index is 1.73. The number of oxazole rings is 1. The lowest BCUT2D eigenvalue weighted by Gasteiger charge is -2.57. The highest BCUT2D eigenvalue weighted by Gasteiger charge is 2.53. The van der Waals surface area contributed by atoms with Crippen LogP contribution in [-0.4, -0.2) is 17.6 Å². The van der Waals surface area contributed by atoms with Gasteiger partial charge in [0.1, 0.15) is 5.52 Å². The first kappa shape index (κ1) is 13.1. The molecule has 2 aromatic rings. The van der Waals surface area contributed by atoms with Gasteiger partial charge in [-0.15, -0.1) is 0 Å². The van der Waals surface area contributed by atoms with Gasteiger partial charge in [-0.25, -0.2) is 4.98 Å². The van der Waals surface area contributed by atoms with Crippen LogP contribution in [0, 0.1) is 5.41 Å². The Morgan fingerprint density at radius 3 is 2.82 bits per heavy atom. The molecule has 2 aliphatic carbocycles. The van der Waals surface area contributed by atoms with Crippen LogP contribution in [0.2, 0.25) is 0 Å². The Kier molecular flexibility index (Phi) is 2.35. The second-order valence-electron chi connectivity index (χ2n) is 8.32. The summed E-state index contributed by atoms with van der Waals surface area (Å²) in [7, 11) is 0. The van der Waals surface area contributed by atoms with Crippen LogP contribution in [0.25, 0.3) is 11.1 Å². The molecule has 5 rings (SSSR count). The number of hydrogen-bond donors (Lipinski definition) is 1. The Bertz CT molecular complexity index is 771. The summed E-state index contributed by atoms with van der Waals surface area (Å²) in [6.45, 7) is 8.42. The van der Waals surface area contributed by atoms with E-state index in [2.05, 4.69) is 38.2 Å². The standard InChI is InChI=1S/C19H24N2O/c1-18(2)16-9-12-8-15-14(21-17(22-15)11-4-5-11)10-13(12)19(18,3)6-7-20-16/h8,10-11,16,20H,4-7,9H2,1-3H3/t16-,19+/m1/s1. The molecule has 0 spiro atoms. The third kappa shape index (κ3) is 1.53. The maximum atomic E-state index is 6.03. The summed E-state index contributed by atoms with van der Waals surface area (Å²) in [5, 5.41) is 3.74. The lowest BCUT2D eigenvalue weighted by molar-refractivity contribution is 0.0561. The first-order valence-electron chi connectivity index (χ1n) is 8.66. The molecule has 2 atom stereocenters. The second-order valence-corrected chi connectivity index (χ2v) is 8.32. The minimum Gasteiger partial charge on any atom is -0.440 e. The smallest absolute Gasteiger partial charge is 0.198 e. The van der Waals surface area contributed by atoms with E-state index in [1.54, 1.807) is 0 Å². The van der Waals surface area contributed by atoms with Crippen molar-refractivity contribution in [1.29, 1.82) is 0 Å². The predicted molar refractivity (Wildman–Crippen MR) is 87.2 cm³/mol. The molecule has 3 aliphatic rings. The average molecular weight is 296 g/mol. The fraction of sp³-hybridized carbons (Fsp3) is 0.632. The Morgan fingerprint density at radius 1 is 1.23 bits per heavy atom. The van der Waals surface area contributed by atoms with Crippen molar-refractivity contribution in [2.75, 3.05) is 6.54 Å². The van der Waals surface area contributed by atoms with E-state index < -0.39 is 0 Å². The van der Waals surface area contributed by atoms with E-state index in [-0.39, 0.29) is 10.8 Å². The number of hydrogen-bond acceptors (Lipinski definition) is 3. The molecule has 1 saturated carbocycles. The van der Waals surface area contributed by atoms with Crippen molar-refractivity contribution in [3.8, 4) is 0 Å². The Morgan fingerprint density at radius 2 is 2.05 bits per heavy atom. The van der Waals surface area contributed by atoms with E-state index in [9.17, 15) is 0 Å². The number of benzene rings is 1. The fourth-order valence-corrected chi connectivity index (χ4v) is 4.71. The van der Waals surface area contributed by atoms with Crippen LogP contribution in [0.4, 0.5) is 0 Å². The van der Waals surface area contributed by atoms with Crippen molar-refractivity contribution in [1.82, 2.24) is 10.3 Å². The summed E-state index contributed by atoms with van der Waals surface area (Å²) in [4.78, 5) is 4.79. The quantitative estimate of drug-likeness (QED) is 0.867. The molecule has 0 amide bonds. The number of nitrogens with zero attached hydrogens (tertiary/aromatic N) is 1. The van der Waals surface area contributed by atoms with Gasteiger partial charge in [0.05, 0.1) is 0 Å². The van der Waals surface area contributed by atoms with Gasteiger partial charge in [0.2, 0.25) is 0 Å². The number of fused-ring (bicyclic) bond motifs is 5. The zero-order valence-electron chi connectivity index (χ0n) is 13.7. The second kappa shape index (κ2) is 3.94. The molecule has 22 heavy (non-hydrogen) atoms. The maximum Gasteiger partial charge on any atom is 0.198 e. The molecular formula is C19H24N2O. The summed E-state index contributed by atoms with van der Waals surface area (Å²) in [6.07, 6.45) is 4.78. The third-order valence-corrected chi connectivity index (χ3v) is 6.88. The van der Waals surface area contributed by atoms with Crippen molar-refractivity contribution in [3.63, 3.8) is 0 Å². The maximum absolute atomic E-state index is 6.03. The number of piperidine rings is 1. The van der Waals surface area contributed by atoms with Crippen molar-refractivity contribution >= 4 is 11.1 Å². The lowest BCUT2D eigenvalue weighted by Crippen LogP contribution is -2.62. The summed E-state index contributed by atoms with van der Waals surface area (Å²) >= 11 is 0. The van der Waals surface area contributed by atoms with Crippen LogP contribution in [0.15, 0.2) is 16.5 Å². The summed E-state index contributed by atoms with van der Waals surface area (Å²) < 4.78 is 6.03. The van der Waals surface area contributed by atoms with Crippen molar-refractivity contribution in [2.45, 2.75) is 63.8 Å². The zero-order valence-corrected chi connectivity index (χ0v) is 13.7. The van der Waals surface area contributed by atoms with Crippen LogP contribution >= 0.6 is 0 Å². The van der Waals surface area contributed by atoms with Crippen molar-refractivity contribution in [3.05, 3.63) is 29.2 Å². The molecule has 0 unspecified atom stereocenters. The van der Waals surface area contributed by atoms with Gasteiger partial charge in [0.25, 0.3) is 0 Å². The van der Waals surface area contributed by atoms with Crippen LogP contribution in [-0.2, 0) is 11.8 Å². The Hall–Kier alpha value is -1.35. The van der Waals surface area contributed by atoms with Gasteiger partial charge in [-0.3, -0.25) is 0 Å². The minimum atomic E-state index is 0.226. The topological polar surface area (TPSA) is 38.1 Å². The molecule has 3 heteroatoms. The molecule has 2 heterocycles. The molecule has 1 N–H and O–H groups in total. The van der Waals surface area contributed by atoms with E-state index in [1.165, 1.54) is 30.4 Å². The molecule has 2 fully saturated rings. The molecule has 116 valence electrons. The van der Waals surface area contributed by atoms with Crippen LogP contribution in [0.3, 0.4) is 0 Å². The number of nitrogens with one attached hydrogen (secondary N) is 1. The highest BCUT2D eigenvalue weighted by Crippen LogP contribution is 2.54. The molecule has 2 bridgehead atoms. The van der Waals surface area contributed by atoms with Gasteiger partial charge in [0, 0.05) is 17.4 Å². The predicted octanol–water partition coefficient (Wildman–Crippen LogP) is 3.91. The van der Waals surface area contributed by atoms with E-state index in [4.69, 9.17) is 9.40 Å². The van der Waals surface area contributed by atoms with E-state index >= 15 is 0 Å². The van der Waals surface area contributed by atoms with Crippen molar-refractivity contribution < 1.29 is 4.42 Å². The summed E-state index contributed by atoms with van der Waals surface area (Å²) in [6, 6.07) is 5.17. The number of aromatic nitrogens is 1. The summed E-state index contributed by atoms with van der Waals surface area (Å²) in [5.41, 5.74) is 5.53. The largest absolute Gasteiger partial charge is 0.440 e. The normalized spacial score (nSPS) is 33.0. The van der Waals surface area contributed by atoms with E-state index in [0.29, 0.717) is 12.0 Å². The average Bonchev–Trinajstić information content (AvgIpc) is 3.22. The fourth-order valence-electron chi connectivity index (χ4n) is 4.71. The number of rotatable bonds is 1. The minimum absolute atomic E-state index is 0.226. The van der Waals surface area contributed by atoms with Crippen LogP contribution in [0.5, 0.6) is 0 Å².